The molecule has 2 aromatic rings. The van der Waals surface area contributed by atoms with E-state index in [2.05, 4.69) is 15.9 Å². The van der Waals surface area contributed by atoms with Crippen LogP contribution in [0.2, 0.25) is 0 Å². The molecule has 0 aliphatic heterocycles. The van der Waals surface area contributed by atoms with Crippen molar-refractivity contribution in [2.75, 3.05) is 14.2 Å². The van der Waals surface area contributed by atoms with Crippen molar-refractivity contribution in [2.24, 2.45) is 0 Å². The molecule has 0 heterocycles. The zero-order valence-electron chi connectivity index (χ0n) is 13.1. The lowest BCUT2D eigenvalue weighted by Gasteiger charge is -2.10. The molecule has 6 heteroatoms. The largest absolute Gasteiger partial charge is 0.497 e. The molecular weight excluding hydrogens is 376 g/mol. The molecule has 0 N–H and O–H groups in total. The second-order valence-electron chi connectivity index (χ2n) is 4.68. The molecule has 0 aliphatic rings. The SMILES string of the molecule is COc1cccc(/C=C/C(=O)Oc2c(Br)cc(C=O)cc2OC)c1. The van der Waals surface area contributed by atoms with Crippen molar-refractivity contribution in [2.45, 2.75) is 0 Å². The van der Waals surface area contributed by atoms with Gasteiger partial charge in [-0.25, -0.2) is 4.79 Å². The lowest BCUT2D eigenvalue weighted by Crippen LogP contribution is -2.06. The third kappa shape index (κ3) is 4.45. The number of rotatable bonds is 6. The summed E-state index contributed by atoms with van der Waals surface area (Å²) >= 11 is 3.27. The summed E-state index contributed by atoms with van der Waals surface area (Å²) in [6.45, 7) is 0. The van der Waals surface area contributed by atoms with Gasteiger partial charge in [0, 0.05) is 11.6 Å². The summed E-state index contributed by atoms with van der Waals surface area (Å²) in [7, 11) is 3.00. The molecule has 0 aromatic heterocycles. The van der Waals surface area contributed by atoms with Crippen LogP contribution in [0.15, 0.2) is 46.9 Å². The molecular formula is C18H15BrO5. The number of halogens is 1. The van der Waals surface area contributed by atoms with Crippen LogP contribution in [0.3, 0.4) is 0 Å². The maximum atomic E-state index is 12.0. The molecule has 2 rings (SSSR count). The zero-order chi connectivity index (χ0) is 17.5. The Kier molecular flexibility index (Phi) is 6.14. The van der Waals surface area contributed by atoms with Crippen molar-refractivity contribution in [1.82, 2.24) is 0 Å². The van der Waals surface area contributed by atoms with E-state index in [9.17, 15) is 9.59 Å². The Morgan fingerprint density at radius 1 is 1.08 bits per heavy atom. The van der Waals surface area contributed by atoms with Gasteiger partial charge in [-0.05, 0) is 51.8 Å². The van der Waals surface area contributed by atoms with Gasteiger partial charge < -0.3 is 14.2 Å². The van der Waals surface area contributed by atoms with Crippen LogP contribution in [-0.2, 0) is 4.79 Å². The Hall–Kier alpha value is -2.60. The monoisotopic (exact) mass is 390 g/mol. The Morgan fingerprint density at radius 2 is 1.88 bits per heavy atom. The van der Waals surface area contributed by atoms with Crippen LogP contribution in [0.4, 0.5) is 0 Å². The Labute approximate surface area is 148 Å². The number of hydrogen-bond donors (Lipinski definition) is 0. The Bertz CT molecular complexity index is 783. The summed E-state index contributed by atoms with van der Waals surface area (Å²) in [6.07, 6.45) is 3.60. The third-order valence-electron chi connectivity index (χ3n) is 3.10. The summed E-state index contributed by atoms with van der Waals surface area (Å²) in [4.78, 5) is 22.9. The fourth-order valence-corrected chi connectivity index (χ4v) is 2.49. The summed E-state index contributed by atoms with van der Waals surface area (Å²) < 4.78 is 16.0. The quantitative estimate of drug-likeness (QED) is 0.324. The Morgan fingerprint density at radius 3 is 2.54 bits per heavy atom. The number of carbonyl (C=O) groups excluding carboxylic acids is 2. The molecule has 24 heavy (non-hydrogen) atoms. The van der Waals surface area contributed by atoms with Crippen LogP contribution >= 0.6 is 15.9 Å². The number of aldehydes is 1. The maximum Gasteiger partial charge on any atom is 0.336 e. The van der Waals surface area contributed by atoms with E-state index in [1.54, 1.807) is 25.3 Å². The van der Waals surface area contributed by atoms with Crippen molar-refractivity contribution in [1.29, 1.82) is 0 Å². The highest BCUT2D eigenvalue weighted by atomic mass is 79.9. The van der Waals surface area contributed by atoms with Crippen LogP contribution in [0.1, 0.15) is 15.9 Å². The maximum absolute atomic E-state index is 12.0. The van der Waals surface area contributed by atoms with Crippen LogP contribution in [-0.4, -0.2) is 26.5 Å². The minimum absolute atomic E-state index is 0.211. The first-order valence-corrected chi connectivity index (χ1v) is 7.73. The number of carbonyl (C=O) groups is 2. The van der Waals surface area contributed by atoms with Gasteiger partial charge in [0.25, 0.3) is 0 Å². The van der Waals surface area contributed by atoms with Gasteiger partial charge in [0.05, 0.1) is 18.7 Å². The van der Waals surface area contributed by atoms with Crippen LogP contribution in [0.5, 0.6) is 17.2 Å². The first kappa shape index (κ1) is 17.7. The van der Waals surface area contributed by atoms with Crippen molar-refractivity contribution in [3.8, 4) is 17.2 Å². The van der Waals surface area contributed by atoms with Gasteiger partial charge in [0.2, 0.25) is 0 Å². The van der Waals surface area contributed by atoms with Crippen molar-refractivity contribution in [3.05, 3.63) is 58.1 Å². The normalized spacial score (nSPS) is 10.5. The van der Waals surface area contributed by atoms with Gasteiger partial charge >= 0.3 is 5.97 Å². The van der Waals surface area contributed by atoms with Gasteiger partial charge in [-0.3, -0.25) is 4.79 Å². The average Bonchev–Trinajstić information content (AvgIpc) is 2.61. The first-order chi connectivity index (χ1) is 11.6. The average molecular weight is 391 g/mol. The van der Waals surface area contributed by atoms with Gasteiger partial charge in [0.15, 0.2) is 11.5 Å². The first-order valence-electron chi connectivity index (χ1n) is 6.94. The predicted octanol–water partition coefficient (Wildman–Crippen LogP) is 3.90. The molecule has 0 saturated carbocycles. The van der Waals surface area contributed by atoms with Crippen LogP contribution < -0.4 is 14.2 Å². The molecule has 0 saturated heterocycles. The van der Waals surface area contributed by atoms with Gasteiger partial charge in [-0.1, -0.05) is 12.1 Å². The van der Waals surface area contributed by atoms with Gasteiger partial charge in [0.1, 0.15) is 12.0 Å². The Balaban J connectivity index is 2.17. The topological polar surface area (TPSA) is 61.8 Å². The number of methoxy groups -OCH3 is 2. The number of ether oxygens (including phenoxy) is 3. The molecule has 0 amide bonds. The zero-order valence-corrected chi connectivity index (χ0v) is 14.7. The molecule has 0 bridgehead atoms. The molecule has 5 nitrogen and oxygen atoms in total. The van der Waals surface area contributed by atoms with E-state index in [1.807, 2.05) is 18.2 Å². The van der Waals surface area contributed by atoms with E-state index < -0.39 is 5.97 Å². The summed E-state index contributed by atoms with van der Waals surface area (Å²) in [5, 5.41) is 0. The highest BCUT2D eigenvalue weighted by molar-refractivity contribution is 9.10. The standard InChI is InChI=1S/C18H15BrO5/c1-22-14-5-3-4-12(8-14)6-7-17(21)24-18-15(19)9-13(11-20)10-16(18)23-2/h3-11H,1-2H3/b7-6+. The minimum Gasteiger partial charge on any atom is -0.497 e. The number of benzene rings is 2. The lowest BCUT2D eigenvalue weighted by atomic mass is 10.2. The molecule has 0 fully saturated rings. The van der Waals surface area contributed by atoms with Crippen LogP contribution in [0, 0.1) is 0 Å². The second kappa shape index (κ2) is 8.31. The highest BCUT2D eigenvalue weighted by Gasteiger charge is 2.14. The van der Waals surface area contributed by atoms with Gasteiger partial charge in [-0.2, -0.15) is 0 Å². The van der Waals surface area contributed by atoms with Gasteiger partial charge in [-0.15, -0.1) is 0 Å². The fourth-order valence-electron chi connectivity index (χ4n) is 1.95. The van der Waals surface area contributed by atoms with E-state index in [0.29, 0.717) is 22.1 Å². The number of hydrogen-bond acceptors (Lipinski definition) is 5. The number of esters is 1. The van der Waals surface area contributed by atoms with E-state index in [4.69, 9.17) is 14.2 Å². The molecule has 0 spiro atoms. The van der Waals surface area contributed by atoms with Crippen LogP contribution in [0.25, 0.3) is 6.08 Å². The third-order valence-corrected chi connectivity index (χ3v) is 3.69. The molecule has 0 unspecified atom stereocenters. The lowest BCUT2D eigenvalue weighted by molar-refractivity contribution is -0.129. The van der Waals surface area contributed by atoms with E-state index in [0.717, 1.165) is 5.56 Å². The summed E-state index contributed by atoms with van der Waals surface area (Å²) in [5.41, 5.74) is 1.21. The molecule has 0 aliphatic carbocycles. The molecule has 2 aromatic carbocycles. The summed E-state index contributed by atoms with van der Waals surface area (Å²) in [6, 6.07) is 10.3. The molecule has 124 valence electrons. The van der Waals surface area contributed by atoms with Crippen molar-refractivity contribution >= 4 is 34.3 Å². The molecule has 0 atom stereocenters. The predicted molar refractivity (Wildman–Crippen MR) is 93.7 cm³/mol. The van der Waals surface area contributed by atoms with Crippen molar-refractivity contribution in [3.63, 3.8) is 0 Å². The minimum atomic E-state index is -0.573. The highest BCUT2D eigenvalue weighted by Crippen LogP contribution is 2.36. The smallest absolute Gasteiger partial charge is 0.336 e. The van der Waals surface area contributed by atoms with Crippen molar-refractivity contribution < 1.29 is 23.8 Å². The fraction of sp³-hybridized carbons (Fsp3) is 0.111. The molecule has 0 radical (unpaired) electrons. The van der Waals surface area contributed by atoms with E-state index >= 15 is 0 Å². The van der Waals surface area contributed by atoms with E-state index in [-0.39, 0.29) is 11.5 Å². The second-order valence-corrected chi connectivity index (χ2v) is 5.54. The summed E-state index contributed by atoms with van der Waals surface area (Å²) in [5.74, 6) is 0.619. The van der Waals surface area contributed by atoms with E-state index in [1.165, 1.54) is 19.3 Å².